The summed E-state index contributed by atoms with van der Waals surface area (Å²) in [6.45, 7) is 2.68. The predicted molar refractivity (Wildman–Crippen MR) is 102 cm³/mol. The lowest BCUT2D eigenvalue weighted by Gasteiger charge is -2.46. The van der Waals surface area contributed by atoms with Crippen LogP contribution in [0.1, 0.15) is 52.7 Å². The zero-order chi connectivity index (χ0) is 17.6. The van der Waals surface area contributed by atoms with Gasteiger partial charge >= 0.3 is 0 Å². The Kier molecular flexibility index (Phi) is 4.29. The molecule has 0 aromatic heterocycles. The van der Waals surface area contributed by atoms with Crippen molar-refractivity contribution in [2.45, 2.75) is 51.1 Å². The zero-order valence-corrected chi connectivity index (χ0v) is 15.8. The van der Waals surface area contributed by atoms with E-state index in [-0.39, 0.29) is 11.4 Å². The Hall–Kier alpha value is -1.51. The summed E-state index contributed by atoms with van der Waals surface area (Å²) >= 11 is 12.2. The number of aryl methyl sites for hydroxylation is 1. The van der Waals surface area contributed by atoms with Crippen molar-refractivity contribution >= 4 is 29.1 Å². The minimum atomic E-state index is -0.0516. The van der Waals surface area contributed by atoms with Gasteiger partial charge in [0.1, 0.15) is 0 Å². The van der Waals surface area contributed by atoms with Crippen LogP contribution in [0.15, 0.2) is 36.4 Å². The molecule has 0 N–H and O–H groups in total. The van der Waals surface area contributed by atoms with Gasteiger partial charge in [-0.25, -0.2) is 0 Å². The number of rotatable bonds is 2. The topological polar surface area (TPSA) is 20.3 Å². The number of nitrogens with zero attached hydrogens (tertiary/aromatic N) is 1. The van der Waals surface area contributed by atoms with E-state index in [4.69, 9.17) is 23.2 Å². The van der Waals surface area contributed by atoms with Gasteiger partial charge in [-0.3, -0.25) is 4.79 Å². The molecule has 25 heavy (non-hydrogen) atoms. The van der Waals surface area contributed by atoms with Gasteiger partial charge in [0.2, 0.25) is 0 Å². The molecule has 4 heteroatoms. The standard InChI is InChI=1S/C21H21Cl2NO/c1-14-4-6-17-16(10-14)12-21(8-2-3-9-21)24(20(17)25)13-15-5-7-18(22)19(23)11-15/h4-7,10-11H,2-3,8-9,12-13H2,1H3. The van der Waals surface area contributed by atoms with Gasteiger partial charge in [0, 0.05) is 17.6 Å². The molecule has 2 aromatic carbocycles. The monoisotopic (exact) mass is 373 g/mol. The highest BCUT2D eigenvalue weighted by atomic mass is 35.5. The second kappa shape index (κ2) is 6.34. The quantitative estimate of drug-likeness (QED) is 0.649. The number of halogens is 2. The first-order valence-electron chi connectivity index (χ1n) is 8.84. The molecule has 1 amide bonds. The summed E-state index contributed by atoms with van der Waals surface area (Å²) in [6, 6.07) is 11.9. The summed E-state index contributed by atoms with van der Waals surface area (Å²) in [7, 11) is 0. The number of fused-ring (bicyclic) bond motifs is 1. The molecule has 2 nitrogen and oxygen atoms in total. The van der Waals surface area contributed by atoms with E-state index in [1.807, 2.05) is 30.3 Å². The molecule has 0 saturated heterocycles. The van der Waals surface area contributed by atoms with Crippen LogP contribution in [0, 0.1) is 6.92 Å². The molecule has 1 aliphatic carbocycles. The Balaban J connectivity index is 1.74. The van der Waals surface area contributed by atoms with Crippen molar-refractivity contribution < 1.29 is 4.79 Å². The molecule has 1 aliphatic heterocycles. The van der Waals surface area contributed by atoms with E-state index in [1.54, 1.807) is 0 Å². The normalized spacial score (nSPS) is 18.7. The summed E-state index contributed by atoms with van der Waals surface area (Å²) in [6.07, 6.45) is 5.48. The third kappa shape index (κ3) is 2.96. The molecule has 0 atom stereocenters. The van der Waals surface area contributed by atoms with Crippen LogP contribution >= 0.6 is 23.2 Å². The number of amides is 1. The second-order valence-corrected chi connectivity index (χ2v) is 8.22. The minimum Gasteiger partial charge on any atom is -0.328 e. The maximum absolute atomic E-state index is 13.3. The molecule has 130 valence electrons. The predicted octanol–water partition coefficient (Wildman–Crippen LogP) is 5.81. The van der Waals surface area contributed by atoms with Gasteiger partial charge in [-0.05, 0) is 55.5 Å². The minimum absolute atomic E-state index is 0.0516. The van der Waals surface area contributed by atoms with Crippen molar-refractivity contribution in [3.63, 3.8) is 0 Å². The number of hydrogen-bond acceptors (Lipinski definition) is 1. The van der Waals surface area contributed by atoms with Crippen LogP contribution in [-0.2, 0) is 13.0 Å². The van der Waals surface area contributed by atoms with Crippen LogP contribution in [0.25, 0.3) is 0 Å². The molecule has 1 fully saturated rings. The Morgan fingerprint density at radius 1 is 1.04 bits per heavy atom. The van der Waals surface area contributed by atoms with Gasteiger partial charge in [-0.15, -0.1) is 0 Å². The largest absolute Gasteiger partial charge is 0.328 e. The van der Waals surface area contributed by atoms with E-state index in [9.17, 15) is 4.79 Å². The first kappa shape index (κ1) is 16.9. The van der Waals surface area contributed by atoms with Crippen LogP contribution in [0.4, 0.5) is 0 Å². The highest BCUT2D eigenvalue weighted by Crippen LogP contribution is 2.43. The average Bonchev–Trinajstić information content (AvgIpc) is 3.03. The van der Waals surface area contributed by atoms with Crippen molar-refractivity contribution in [3.05, 3.63) is 68.7 Å². The highest BCUT2D eigenvalue weighted by Gasteiger charge is 2.46. The van der Waals surface area contributed by atoms with Crippen molar-refractivity contribution in [1.29, 1.82) is 0 Å². The van der Waals surface area contributed by atoms with Gasteiger partial charge in [-0.2, -0.15) is 0 Å². The van der Waals surface area contributed by atoms with Crippen LogP contribution < -0.4 is 0 Å². The molecular formula is C21H21Cl2NO. The number of hydrogen-bond donors (Lipinski definition) is 0. The third-order valence-corrected chi connectivity index (χ3v) is 6.43. The van der Waals surface area contributed by atoms with E-state index in [0.29, 0.717) is 16.6 Å². The first-order valence-corrected chi connectivity index (χ1v) is 9.60. The zero-order valence-electron chi connectivity index (χ0n) is 14.3. The Labute approximate surface area is 158 Å². The van der Waals surface area contributed by atoms with E-state index >= 15 is 0 Å². The fourth-order valence-corrected chi connectivity index (χ4v) is 4.75. The fourth-order valence-electron chi connectivity index (χ4n) is 4.43. The van der Waals surface area contributed by atoms with Crippen molar-refractivity contribution in [3.8, 4) is 0 Å². The van der Waals surface area contributed by atoms with E-state index < -0.39 is 0 Å². The van der Waals surface area contributed by atoms with Gasteiger partial charge in [0.25, 0.3) is 5.91 Å². The summed E-state index contributed by atoms with van der Waals surface area (Å²) in [5, 5.41) is 1.09. The lowest BCUT2D eigenvalue weighted by molar-refractivity contribution is 0.0400. The Morgan fingerprint density at radius 2 is 1.80 bits per heavy atom. The second-order valence-electron chi connectivity index (χ2n) is 7.41. The van der Waals surface area contributed by atoms with E-state index in [2.05, 4.69) is 17.9 Å². The molecular weight excluding hydrogens is 353 g/mol. The SMILES string of the molecule is Cc1ccc2c(c1)CC1(CCCC1)N(Cc1ccc(Cl)c(Cl)c1)C2=O. The van der Waals surface area contributed by atoms with Crippen LogP contribution in [-0.4, -0.2) is 16.3 Å². The lowest BCUT2D eigenvalue weighted by Crippen LogP contribution is -2.54. The number of benzene rings is 2. The molecule has 4 rings (SSSR count). The summed E-state index contributed by atoms with van der Waals surface area (Å²) in [5.41, 5.74) is 4.26. The highest BCUT2D eigenvalue weighted by molar-refractivity contribution is 6.42. The number of carbonyl (C=O) groups is 1. The summed E-state index contributed by atoms with van der Waals surface area (Å²) in [5.74, 6) is 0.147. The molecule has 1 saturated carbocycles. The van der Waals surface area contributed by atoms with Crippen molar-refractivity contribution in [1.82, 2.24) is 4.90 Å². The maximum atomic E-state index is 13.3. The lowest BCUT2D eigenvalue weighted by atomic mass is 9.80. The van der Waals surface area contributed by atoms with Crippen molar-refractivity contribution in [2.75, 3.05) is 0 Å². The van der Waals surface area contributed by atoms with Gasteiger partial charge in [-0.1, -0.05) is 59.8 Å². The molecule has 2 aliphatic rings. The Bertz CT molecular complexity index is 840. The molecule has 0 unspecified atom stereocenters. The van der Waals surface area contributed by atoms with Crippen LogP contribution in [0.5, 0.6) is 0 Å². The van der Waals surface area contributed by atoms with Gasteiger partial charge < -0.3 is 4.90 Å². The van der Waals surface area contributed by atoms with Gasteiger partial charge in [0.15, 0.2) is 0 Å². The molecule has 0 radical (unpaired) electrons. The smallest absolute Gasteiger partial charge is 0.254 e. The van der Waals surface area contributed by atoms with E-state index in [1.165, 1.54) is 24.0 Å². The first-order chi connectivity index (χ1) is 12.0. The fraction of sp³-hybridized carbons (Fsp3) is 0.381. The van der Waals surface area contributed by atoms with Crippen LogP contribution in [0.3, 0.4) is 0 Å². The Morgan fingerprint density at radius 3 is 2.52 bits per heavy atom. The molecule has 1 heterocycles. The van der Waals surface area contributed by atoms with Gasteiger partial charge in [0.05, 0.1) is 10.0 Å². The third-order valence-electron chi connectivity index (χ3n) is 5.69. The van der Waals surface area contributed by atoms with Crippen molar-refractivity contribution in [2.24, 2.45) is 0 Å². The maximum Gasteiger partial charge on any atom is 0.254 e. The number of carbonyl (C=O) groups excluding carboxylic acids is 1. The summed E-state index contributed by atoms with van der Waals surface area (Å²) in [4.78, 5) is 15.4. The van der Waals surface area contributed by atoms with Crippen LogP contribution in [0.2, 0.25) is 10.0 Å². The average molecular weight is 374 g/mol. The molecule has 0 bridgehead atoms. The summed E-state index contributed by atoms with van der Waals surface area (Å²) < 4.78 is 0. The molecule has 1 spiro atoms. The molecule has 2 aromatic rings. The van der Waals surface area contributed by atoms with E-state index in [0.717, 1.165) is 30.4 Å².